The quantitative estimate of drug-likeness (QED) is 0.665. The minimum Gasteiger partial charge on any atom is -0.355 e. The molecule has 0 spiro atoms. The van der Waals surface area contributed by atoms with Gasteiger partial charge in [-0.3, -0.25) is 19.4 Å². The third-order valence-electron chi connectivity index (χ3n) is 4.74. The zero-order valence-corrected chi connectivity index (χ0v) is 17.7. The molecule has 1 saturated heterocycles. The lowest BCUT2D eigenvalue weighted by Gasteiger charge is -2.25. The first-order valence-electron chi connectivity index (χ1n) is 10.4. The number of nitrogens with zero attached hydrogens (tertiary/aromatic N) is 2. The highest BCUT2D eigenvalue weighted by Gasteiger charge is 2.20. The van der Waals surface area contributed by atoms with E-state index in [1.807, 2.05) is 39.0 Å². The monoisotopic (exact) mass is 388 g/mol. The van der Waals surface area contributed by atoms with Crippen molar-refractivity contribution in [2.45, 2.75) is 45.6 Å². The Labute approximate surface area is 169 Å². The Morgan fingerprint density at radius 3 is 2.14 bits per heavy atom. The van der Waals surface area contributed by atoms with Crippen LogP contribution in [0.5, 0.6) is 0 Å². The number of carbonyl (C=O) groups is 2. The smallest absolute Gasteiger partial charge is 0.234 e. The lowest BCUT2D eigenvalue weighted by Crippen LogP contribution is -2.46. The van der Waals surface area contributed by atoms with Crippen LogP contribution < -0.4 is 10.6 Å². The van der Waals surface area contributed by atoms with E-state index in [2.05, 4.69) is 32.6 Å². The molecule has 2 rings (SSSR count). The average Bonchev–Trinajstić information content (AvgIpc) is 2.83. The molecule has 1 aliphatic heterocycles. The van der Waals surface area contributed by atoms with Crippen molar-refractivity contribution in [3.8, 4) is 0 Å². The van der Waals surface area contributed by atoms with Gasteiger partial charge >= 0.3 is 0 Å². The maximum absolute atomic E-state index is 12.2. The molecule has 1 fully saturated rings. The molecule has 1 aliphatic rings. The normalized spacial score (nSPS) is 16.4. The standard InChI is InChI=1S/C22H36N4O2/c1-22(2,3)24-21(28)18-26-14-8-13-25(15-16-26)17-20(27)23-12-7-11-19-9-5-4-6-10-19/h4-6,9-10H,7-8,11-18H2,1-3H3,(H,23,27)(H,24,28). The summed E-state index contributed by atoms with van der Waals surface area (Å²) in [6.45, 7) is 11.0. The molecule has 0 aromatic heterocycles. The van der Waals surface area contributed by atoms with Gasteiger partial charge in [-0.1, -0.05) is 30.3 Å². The third-order valence-corrected chi connectivity index (χ3v) is 4.74. The fourth-order valence-corrected chi connectivity index (χ4v) is 3.43. The second kappa shape index (κ2) is 11.2. The zero-order chi connectivity index (χ0) is 20.4. The van der Waals surface area contributed by atoms with Gasteiger partial charge in [-0.2, -0.15) is 0 Å². The number of hydrogen-bond acceptors (Lipinski definition) is 4. The number of aryl methyl sites for hydroxylation is 1. The molecule has 28 heavy (non-hydrogen) atoms. The van der Waals surface area contributed by atoms with Gasteiger partial charge in [0.15, 0.2) is 0 Å². The van der Waals surface area contributed by atoms with Gasteiger partial charge in [0.2, 0.25) is 11.8 Å². The molecule has 2 amide bonds. The van der Waals surface area contributed by atoms with Crippen molar-refractivity contribution in [2.75, 3.05) is 45.8 Å². The molecule has 1 aromatic carbocycles. The van der Waals surface area contributed by atoms with E-state index >= 15 is 0 Å². The van der Waals surface area contributed by atoms with Gasteiger partial charge in [-0.15, -0.1) is 0 Å². The topological polar surface area (TPSA) is 64.7 Å². The summed E-state index contributed by atoms with van der Waals surface area (Å²) in [5.74, 6) is 0.157. The summed E-state index contributed by atoms with van der Waals surface area (Å²) in [6.07, 6.45) is 2.91. The Morgan fingerprint density at radius 2 is 1.54 bits per heavy atom. The molecule has 156 valence electrons. The van der Waals surface area contributed by atoms with Crippen molar-refractivity contribution in [1.29, 1.82) is 0 Å². The molecule has 0 unspecified atom stereocenters. The minimum absolute atomic E-state index is 0.0668. The van der Waals surface area contributed by atoms with Gasteiger partial charge in [0, 0.05) is 25.2 Å². The molecular weight excluding hydrogens is 352 g/mol. The number of nitrogens with one attached hydrogen (secondary N) is 2. The van der Waals surface area contributed by atoms with Crippen LogP contribution >= 0.6 is 0 Å². The van der Waals surface area contributed by atoms with Crippen LogP contribution in [-0.4, -0.2) is 73.0 Å². The average molecular weight is 389 g/mol. The summed E-state index contributed by atoms with van der Waals surface area (Å²) in [5.41, 5.74) is 1.10. The van der Waals surface area contributed by atoms with Gasteiger partial charge in [-0.05, 0) is 58.7 Å². The molecule has 0 bridgehead atoms. The zero-order valence-electron chi connectivity index (χ0n) is 17.7. The van der Waals surface area contributed by atoms with Crippen LogP contribution in [-0.2, 0) is 16.0 Å². The van der Waals surface area contributed by atoms with Gasteiger partial charge in [0.25, 0.3) is 0 Å². The van der Waals surface area contributed by atoms with E-state index < -0.39 is 0 Å². The largest absolute Gasteiger partial charge is 0.355 e. The fourth-order valence-electron chi connectivity index (χ4n) is 3.43. The number of carbonyl (C=O) groups excluding carboxylic acids is 2. The van der Waals surface area contributed by atoms with E-state index in [0.717, 1.165) is 45.4 Å². The Morgan fingerprint density at radius 1 is 0.929 bits per heavy atom. The van der Waals surface area contributed by atoms with Gasteiger partial charge in [0.1, 0.15) is 0 Å². The molecule has 0 saturated carbocycles. The second-order valence-electron chi connectivity index (χ2n) is 8.64. The van der Waals surface area contributed by atoms with Crippen molar-refractivity contribution in [3.05, 3.63) is 35.9 Å². The molecular formula is C22H36N4O2. The summed E-state index contributed by atoms with van der Waals surface area (Å²) in [4.78, 5) is 28.7. The van der Waals surface area contributed by atoms with Crippen molar-refractivity contribution in [1.82, 2.24) is 20.4 Å². The van der Waals surface area contributed by atoms with Crippen molar-refractivity contribution < 1.29 is 9.59 Å². The van der Waals surface area contributed by atoms with E-state index in [1.165, 1.54) is 5.56 Å². The Hall–Kier alpha value is -1.92. The van der Waals surface area contributed by atoms with E-state index in [9.17, 15) is 9.59 Å². The summed E-state index contributed by atoms with van der Waals surface area (Å²) in [5, 5.41) is 6.04. The van der Waals surface area contributed by atoms with E-state index in [4.69, 9.17) is 0 Å². The van der Waals surface area contributed by atoms with Crippen LogP contribution in [0.2, 0.25) is 0 Å². The molecule has 1 heterocycles. The minimum atomic E-state index is -0.201. The Balaban J connectivity index is 1.62. The number of amides is 2. The molecule has 1 aromatic rings. The first-order chi connectivity index (χ1) is 13.3. The highest BCUT2D eigenvalue weighted by Crippen LogP contribution is 2.05. The maximum atomic E-state index is 12.2. The third kappa shape index (κ3) is 9.33. The van der Waals surface area contributed by atoms with Gasteiger partial charge < -0.3 is 10.6 Å². The van der Waals surface area contributed by atoms with Crippen LogP contribution in [0.1, 0.15) is 39.2 Å². The molecule has 2 N–H and O–H groups in total. The molecule has 6 nitrogen and oxygen atoms in total. The molecule has 0 radical (unpaired) electrons. The maximum Gasteiger partial charge on any atom is 0.234 e. The summed E-state index contributed by atoms with van der Waals surface area (Å²) in [7, 11) is 0. The Bertz CT molecular complexity index is 613. The number of benzene rings is 1. The van der Waals surface area contributed by atoms with E-state index in [0.29, 0.717) is 19.6 Å². The highest BCUT2D eigenvalue weighted by molar-refractivity contribution is 5.79. The molecule has 6 heteroatoms. The summed E-state index contributed by atoms with van der Waals surface area (Å²) < 4.78 is 0. The van der Waals surface area contributed by atoms with E-state index in [1.54, 1.807) is 0 Å². The SMILES string of the molecule is CC(C)(C)NC(=O)CN1CCCN(CC(=O)NCCCc2ccccc2)CC1. The summed E-state index contributed by atoms with van der Waals surface area (Å²) >= 11 is 0. The lowest BCUT2D eigenvalue weighted by atomic mass is 10.1. The van der Waals surface area contributed by atoms with Crippen LogP contribution in [0, 0.1) is 0 Å². The molecule has 0 aliphatic carbocycles. The first kappa shape index (κ1) is 22.4. The van der Waals surface area contributed by atoms with Crippen LogP contribution in [0.25, 0.3) is 0 Å². The fraction of sp³-hybridized carbons (Fsp3) is 0.636. The second-order valence-corrected chi connectivity index (χ2v) is 8.64. The van der Waals surface area contributed by atoms with Crippen LogP contribution in [0.15, 0.2) is 30.3 Å². The van der Waals surface area contributed by atoms with Crippen LogP contribution in [0.4, 0.5) is 0 Å². The summed E-state index contributed by atoms with van der Waals surface area (Å²) in [6, 6.07) is 10.3. The predicted octanol–water partition coefficient (Wildman–Crippen LogP) is 1.66. The van der Waals surface area contributed by atoms with Gasteiger partial charge in [0.05, 0.1) is 13.1 Å². The predicted molar refractivity (Wildman–Crippen MR) is 113 cm³/mol. The van der Waals surface area contributed by atoms with Crippen molar-refractivity contribution >= 4 is 11.8 Å². The molecule has 0 atom stereocenters. The lowest BCUT2D eigenvalue weighted by molar-refractivity contribution is -0.124. The highest BCUT2D eigenvalue weighted by atomic mass is 16.2. The first-order valence-corrected chi connectivity index (χ1v) is 10.4. The number of rotatable bonds is 8. The van der Waals surface area contributed by atoms with Crippen molar-refractivity contribution in [2.24, 2.45) is 0 Å². The Kier molecular flexibility index (Phi) is 8.93. The van der Waals surface area contributed by atoms with E-state index in [-0.39, 0.29) is 17.4 Å². The van der Waals surface area contributed by atoms with Crippen molar-refractivity contribution in [3.63, 3.8) is 0 Å². The number of hydrogen-bond donors (Lipinski definition) is 2. The van der Waals surface area contributed by atoms with Crippen LogP contribution in [0.3, 0.4) is 0 Å². The van der Waals surface area contributed by atoms with Gasteiger partial charge in [-0.25, -0.2) is 0 Å².